The van der Waals surface area contributed by atoms with Gasteiger partial charge >= 0.3 is 0 Å². The minimum atomic E-state index is 0.285. The van der Waals surface area contributed by atoms with Gasteiger partial charge in [0.05, 0.1) is 28.1 Å². The molecule has 0 spiro atoms. The second-order valence-corrected chi connectivity index (χ2v) is 6.79. The van der Waals surface area contributed by atoms with Crippen LogP contribution >= 0.6 is 11.3 Å². The van der Waals surface area contributed by atoms with Crippen LogP contribution in [0.15, 0.2) is 6.07 Å². The first-order chi connectivity index (χ1) is 10.0. The van der Waals surface area contributed by atoms with Crippen molar-refractivity contribution in [2.45, 2.75) is 53.0 Å². The van der Waals surface area contributed by atoms with Crippen LogP contribution in [0.1, 0.15) is 53.3 Å². The lowest BCUT2D eigenvalue weighted by atomic mass is 10.1. The molecule has 5 heteroatoms. The number of rotatable bonds is 7. The molecule has 0 aliphatic heterocycles. The highest BCUT2D eigenvalue weighted by atomic mass is 32.1. The third kappa shape index (κ3) is 3.92. The van der Waals surface area contributed by atoms with Crippen molar-refractivity contribution < 1.29 is 0 Å². The van der Waals surface area contributed by atoms with Crippen molar-refractivity contribution in [1.29, 1.82) is 0 Å². The van der Waals surface area contributed by atoms with Gasteiger partial charge in [0.15, 0.2) is 0 Å². The summed E-state index contributed by atoms with van der Waals surface area (Å²) in [6, 6.07) is 2.51. The van der Waals surface area contributed by atoms with Crippen molar-refractivity contribution in [3.8, 4) is 0 Å². The number of thiazole rings is 1. The molecule has 0 saturated carbocycles. The van der Waals surface area contributed by atoms with E-state index in [9.17, 15) is 0 Å². The molecular weight excluding hydrogens is 280 g/mol. The van der Waals surface area contributed by atoms with Crippen molar-refractivity contribution in [3.05, 3.63) is 33.0 Å². The predicted molar refractivity (Wildman–Crippen MR) is 88.9 cm³/mol. The Balaban J connectivity index is 2.22. The predicted octanol–water partition coefficient (Wildman–Crippen LogP) is 3.34. The molecule has 1 atom stereocenters. The first-order valence-corrected chi connectivity index (χ1v) is 8.55. The quantitative estimate of drug-likeness (QED) is 0.853. The smallest absolute Gasteiger partial charge is 0.0950 e. The van der Waals surface area contributed by atoms with Gasteiger partial charge in [0.25, 0.3) is 0 Å². The highest BCUT2D eigenvalue weighted by molar-refractivity contribution is 7.11. The Labute approximate surface area is 131 Å². The van der Waals surface area contributed by atoms with Crippen molar-refractivity contribution in [2.75, 3.05) is 6.54 Å². The second-order valence-electron chi connectivity index (χ2n) is 5.50. The molecule has 0 radical (unpaired) electrons. The molecular formula is C16H26N4S. The molecule has 0 amide bonds. The molecule has 2 rings (SSSR count). The number of aryl methyl sites for hydroxylation is 4. The molecule has 0 fully saturated rings. The van der Waals surface area contributed by atoms with Gasteiger partial charge < -0.3 is 5.32 Å². The molecule has 0 saturated heterocycles. The van der Waals surface area contributed by atoms with E-state index in [1.54, 1.807) is 0 Å². The van der Waals surface area contributed by atoms with Gasteiger partial charge in [-0.3, -0.25) is 4.68 Å². The van der Waals surface area contributed by atoms with Crippen molar-refractivity contribution in [1.82, 2.24) is 20.1 Å². The largest absolute Gasteiger partial charge is 0.308 e. The molecule has 2 aromatic heterocycles. The highest BCUT2D eigenvalue weighted by Crippen LogP contribution is 2.24. The molecule has 0 aliphatic rings. The van der Waals surface area contributed by atoms with Crippen molar-refractivity contribution in [2.24, 2.45) is 7.05 Å². The molecule has 0 bridgehead atoms. The maximum Gasteiger partial charge on any atom is 0.0950 e. The summed E-state index contributed by atoms with van der Waals surface area (Å²) in [4.78, 5) is 6.01. The Kier molecular flexibility index (Phi) is 5.53. The fraction of sp³-hybridized carbons (Fsp3) is 0.625. The SMILES string of the molecule is CCCNC(Cc1nc(C)c(C)s1)c1cc(CC)nn1C. The van der Waals surface area contributed by atoms with E-state index < -0.39 is 0 Å². The Hall–Kier alpha value is -1.20. The van der Waals surface area contributed by atoms with Gasteiger partial charge in [0, 0.05) is 18.3 Å². The van der Waals surface area contributed by atoms with E-state index >= 15 is 0 Å². The van der Waals surface area contributed by atoms with Crippen LogP contribution in [0.5, 0.6) is 0 Å². The zero-order chi connectivity index (χ0) is 15.4. The van der Waals surface area contributed by atoms with E-state index in [0.717, 1.165) is 37.2 Å². The third-order valence-electron chi connectivity index (χ3n) is 3.78. The summed E-state index contributed by atoms with van der Waals surface area (Å²) >= 11 is 1.81. The molecule has 21 heavy (non-hydrogen) atoms. The first-order valence-electron chi connectivity index (χ1n) is 7.74. The normalized spacial score (nSPS) is 12.8. The second kappa shape index (κ2) is 7.18. The van der Waals surface area contributed by atoms with Gasteiger partial charge in [0.1, 0.15) is 0 Å². The summed E-state index contributed by atoms with van der Waals surface area (Å²) in [5.41, 5.74) is 3.57. The van der Waals surface area contributed by atoms with E-state index in [2.05, 4.69) is 49.2 Å². The molecule has 1 N–H and O–H groups in total. The topological polar surface area (TPSA) is 42.7 Å². The van der Waals surface area contributed by atoms with Gasteiger partial charge in [-0.05, 0) is 39.3 Å². The summed E-state index contributed by atoms with van der Waals surface area (Å²) in [6.45, 7) is 9.59. The minimum Gasteiger partial charge on any atom is -0.308 e. The molecule has 0 aromatic carbocycles. The minimum absolute atomic E-state index is 0.285. The Bertz CT molecular complexity index is 566. The molecule has 0 aliphatic carbocycles. The highest BCUT2D eigenvalue weighted by Gasteiger charge is 2.18. The van der Waals surface area contributed by atoms with Gasteiger partial charge in [-0.1, -0.05) is 13.8 Å². The zero-order valence-corrected chi connectivity index (χ0v) is 14.5. The van der Waals surface area contributed by atoms with Gasteiger partial charge in [0.2, 0.25) is 0 Å². The van der Waals surface area contributed by atoms with Gasteiger partial charge in [-0.25, -0.2) is 4.98 Å². The number of nitrogens with one attached hydrogen (secondary N) is 1. The average molecular weight is 306 g/mol. The van der Waals surface area contributed by atoms with Crippen LogP contribution in [-0.2, 0) is 19.9 Å². The van der Waals surface area contributed by atoms with Crippen LogP contribution in [0.25, 0.3) is 0 Å². The Morgan fingerprint density at radius 1 is 1.33 bits per heavy atom. The summed E-state index contributed by atoms with van der Waals surface area (Å²) in [7, 11) is 2.04. The van der Waals surface area contributed by atoms with E-state index in [1.165, 1.54) is 15.6 Å². The number of nitrogens with zero attached hydrogens (tertiary/aromatic N) is 3. The number of hydrogen-bond donors (Lipinski definition) is 1. The van der Waals surface area contributed by atoms with Crippen molar-refractivity contribution in [3.63, 3.8) is 0 Å². The molecule has 1 unspecified atom stereocenters. The van der Waals surface area contributed by atoms with Crippen LogP contribution in [0, 0.1) is 13.8 Å². The van der Waals surface area contributed by atoms with Crippen LogP contribution < -0.4 is 5.32 Å². The summed E-state index contributed by atoms with van der Waals surface area (Å²) in [5, 5.41) is 9.44. The standard InChI is InChI=1S/C16H26N4S/c1-6-8-17-14(10-16-18-11(3)12(4)21-16)15-9-13(7-2)19-20(15)5/h9,14,17H,6-8,10H2,1-5H3. The average Bonchev–Trinajstić information content (AvgIpc) is 2.98. The van der Waals surface area contributed by atoms with Gasteiger partial charge in [-0.15, -0.1) is 11.3 Å². The number of hydrogen-bond acceptors (Lipinski definition) is 4. The zero-order valence-electron chi connectivity index (χ0n) is 13.7. The Morgan fingerprint density at radius 2 is 2.10 bits per heavy atom. The molecule has 4 nitrogen and oxygen atoms in total. The lowest BCUT2D eigenvalue weighted by molar-refractivity contribution is 0.492. The fourth-order valence-electron chi connectivity index (χ4n) is 2.44. The van der Waals surface area contributed by atoms with E-state index in [4.69, 9.17) is 0 Å². The molecule has 2 heterocycles. The summed E-state index contributed by atoms with van der Waals surface area (Å²) in [5.74, 6) is 0. The first kappa shape index (κ1) is 16.2. The van der Waals surface area contributed by atoms with Crippen LogP contribution in [-0.4, -0.2) is 21.3 Å². The maximum atomic E-state index is 4.69. The van der Waals surface area contributed by atoms with E-state index in [1.807, 2.05) is 23.1 Å². The van der Waals surface area contributed by atoms with Crippen LogP contribution in [0.4, 0.5) is 0 Å². The summed E-state index contributed by atoms with van der Waals surface area (Å²) < 4.78 is 2.01. The maximum absolute atomic E-state index is 4.69. The number of aromatic nitrogens is 3. The molecule has 2 aromatic rings. The van der Waals surface area contributed by atoms with E-state index in [0.29, 0.717) is 0 Å². The lowest BCUT2D eigenvalue weighted by Gasteiger charge is -2.17. The third-order valence-corrected chi connectivity index (χ3v) is 4.87. The van der Waals surface area contributed by atoms with Crippen LogP contribution in [0.2, 0.25) is 0 Å². The monoisotopic (exact) mass is 306 g/mol. The van der Waals surface area contributed by atoms with Gasteiger partial charge in [-0.2, -0.15) is 5.10 Å². The molecule has 116 valence electrons. The summed E-state index contributed by atoms with van der Waals surface area (Å²) in [6.07, 6.45) is 3.04. The lowest BCUT2D eigenvalue weighted by Crippen LogP contribution is -2.26. The van der Waals surface area contributed by atoms with E-state index in [-0.39, 0.29) is 6.04 Å². The van der Waals surface area contributed by atoms with Crippen LogP contribution in [0.3, 0.4) is 0 Å². The Morgan fingerprint density at radius 3 is 2.62 bits per heavy atom. The van der Waals surface area contributed by atoms with Crippen molar-refractivity contribution >= 4 is 11.3 Å². The fourth-order valence-corrected chi connectivity index (χ4v) is 3.42.